The maximum absolute atomic E-state index is 5.96. The molecule has 1 heterocycles. The molecule has 2 aromatic rings. The number of ether oxygens (including phenoxy) is 1. The first-order valence-corrected chi connectivity index (χ1v) is 7.71. The summed E-state index contributed by atoms with van der Waals surface area (Å²) in [6.45, 7) is 4.76. The Bertz CT molecular complexity index is 540. The normalized spacial score (nSPS) is 12.0. The van der Waals surface area contributed by atoms with E-state index in [0.29, 0.717) is 12.5 Å². The molecule has 2 rings (SSSR count). The summed E-state index contributed by atoms with van der Waals surface area (Å²) in [5.74, 6) is 0.654. The van der Waals surface area contributed by atoms with Gasteiger partial charge in [0.2, 0.25) is 5.88 Å². The summed E-state index contributed by atoms with van der Waals surface area (Å²) in [5, 5.41) is 4.28. The molecule has 0 saturated heterocycles. The smallest absolute Gasteiger partial charge is 0.213 e. The predicted molar refractivity (Wildman–Crippen MR) is 88.1 cm³/mol. The number of benzene rings is 1. The van der Waals surface area contributed by atoms with Crippen LogP contribution in [0.15, 0.2) is 42.6 Å². The van der Waals surface area contributed by atoms with Crippen molar-refractivity contribution in [2.75, 3.05) is 11.9 Å². The quantitative estimate of drug-likeness (QED) is 0.774. The van der Waals surface area contributed by atoms with Crippen molar-refractivity contribution >= 4 is 17.3 Å². The number of rotatable bonds is 7. The molecule has 4 heteroatoms. The highest BCUT2D eigenvalue weighted by Gasteiger charge is 2.10. The van der Waals surface area contributed by atoms with Gasteiger partial charge in [-0.25, -0.2) is 4.98 Å². The van der Waals surface area contributed by atoms with Crippen LogP contribution < -0.4 is 10.1 Å². The molecule has 1 N–H and O–H groups in total. The highest BCUT2D eigenvalue weighted by molar-refractivity contribution is 6.30. The third-order valence-corrected chi connectivity index (χ3v) is 3.47. The first kappa shape index (κ1) is 15.6. The number of nitrogens with one attached hydrogen (secondary N) is 1. The van der Waals surface area contributed by atoms with Gasteiger partial charge in [0.05, 0.1) is 24.5 Å². The Morgan fingerprint density at radius 2 is 1.90 bits per heavy atom. The maximum Gasteiger partial charge on any atom is 0.213 e. The Balaban J connectivity index is 2.10. The van der Waals surface area contributed by atoms with Crippen LogP contribution in [0.4, 0.5) is 5.69 Å². The molecule has 0 fully saturated rings. The second-order valence-corrected chi connectivity index (χ2v) is 5.29. The zero-order valence-corrected chi connectivity index (χ0v) is 13.2. The van der Waals surface area contributed by atoms with Crippen LogP contribution in [0.2, 0.25) is 5.02 Å². The minimum absolute atomic E-state index is 0.256. The van der Waals surface area contributed by atoms with E-state index in [2.05, 4.69) is 29.4 Å². The zero-order valence-electron chi connectivity index (χ0n) is 12.5. The molecule has 1 unspecified atom stereocenters. The molecule has 0 bridgehead atoms. The van der Waals surface area contributed by atoms with E-state index in [1.54, 1.807) is 0 Å². The van der Waals surface area contributed by atoms with E-state index in [9.17, 15) is 0 Å². The van der Waals surface area contributed by atoms with Gasteiger partial charge in [0.1, 0.15) is 0 Å². The lowest BCUT2D eigenvalue weighted by molar-refractivity contribution is 0.327. The Morgan fingerprint density at radius 3 is 2.48 bits per heavy atom. The van der Waals surface area contributed by atoms with E-state index in [1.165, 1.54) is 5.56 Å². The number of nitrogens with zero attached hydrogens (tertiary/aromatic N) is 1. The third-order valence-electron chi connectivity index (χ3n) is 3.22. The predicted octanol–water partition coefficient (Wildman–Crippen LogP) is 5.09. The molecule has 1 aromatic heterocycles. The van der Waals surface area contributed by atoms with E-state index < -0.39 is 0 Å². The second kappa shape index (κ2) is 7.89. The highest BCUT2D eigenvalue weighted by atomic mass is 35.5. The summed E-state index contributed by atoms with van der Waals surface area (Å²) >= 11 is 5.96. The van der Waals surface area contributed by atoms with Crippen LogP contribution in [0, 0.1) is 0 Å². The molecule has 0 amide bonds. The molecule has 0 saturated carbocycles. The minimum atomic E-state index is 0.256. The van der Waals surface area contributed by atoms with Crippen LogP contribution in [-0.4, -0.2) is 11.6 Å². The molecule has 1 atom stereocenters. The van der Waals surface area contributed by atoms with Crippen molar-refractivity contribution < 1.29 is 4.74 Å². The number of anilines is 1. The fourth-order valence-electron chi connectivity index (χ4n) is 2.21. The van der Waals surface area contributed by atoms with Gasteiger partial charge in [-0.1, -0.05) is 37.1 Å². The minimum Gasteiger partial charge on any atom is -0.478 e. The average molecular weight is 305 g/mol. The molecule has 112 valence electrons. The van der Waals surface area contributed by atoms with Gasteiger partial charge in [-0.3, -0.25) is 0 Å². The highest BCUT2D eigenvalue weighted by Crippen LogP contribution is 2.25. The van der Waals surface area contributed by atoms with Crippen molar-refractivity contribution in [2.24, 2.45) is 0 Å². The van der Waals surface area contributed by atoms with Crippen LogP contribution >= 0.6 is 11.6 Å². The van der Waals surface area contributed by atoms with Crippen molar-refractivity contribution in [3.63, 3.8) is 0 Å². The lowest BCUT2D eigenvalue weighted by atomic mass is 10.0. The number of halogens is 1. The first-order valence-electron chi connectivity index (χ1n) is 7.33. The molecule has 0 radical (unpaired) electrons. The van der Waals surface area contributed by atoms with Gasteiger partial charge < -0.3 is 10.1 Å². The molecule has 1 aromatic carbocycles. The summed E-state index contributed by atoms with van der Waals surface area (Å²) in [6, 6.07) is 12.1. The van der Waals surface area contributed by atoms with Crippen molar-refractivity contribution in [1.29, 1.82) is 0 Å². The molecule has 3 nitrogen and oxygen atoms in total. The topological polar surface area (TPSA) is 34.1 Å². The van der Waals surface area contributed by atoms with E-state index in [1.807, 2.05) is 37.4 Å². The van der Waals surface area contributed by atoms with Gasteiger partial charge in [-0.2, -0.15) is 0 Å². The van der Waals surface area contributed by atoms with Crippen molar-refractivity contribution in [1.82, 2.24) is 4.98 Å². The average Bonchev–Trinajstić information content (AvgIpc) is 2.50. The number of hydrogen-bond acceptors (Lipinski definition) is 3. The van der Waals surface area contributed by atoms with Crippen molar-refractivity contribution in [3.05, 3.63) is 53.2 Å². The Labute approximate surface area is 131 Å². The van der Waals surface area contributed by atoms with E-state index >= 15 is 0 Å². The molecular weight excluding hydrogens is 284 g/mol. The lowest BCUT2D eigenvalue weighted by Gasteiger charge is -2.20. The van der Waals surface area contributed by atoms with Crippen LogP contribution in [0.25, 0.3) is 0 Å². The lowest BCUT2D eigenvalue weighted by Crippen LogP contribution is -2.10. The zero-order chi connectivity index (χ0) is 15.1. The first-order chi connectivity index (χ1) is 10.2. The largest absolute Gasteiger partial charge is 0.478 e. The molecule has 0 aliphatic heterocycles. The Hall–Kier alpha value is -1.74. The van der Waals surface area contributed by atoms with E-state index in [0.717, 1.165) is 23.6 Å². The van der Waals surface area contributed by atoms with Gasteiger partial charge in [-0.05, 0) is 37.1 Å². The summed E-state index contributed by atoms with van der Waals surface area (Å²) in [7, 11) is 0. The third kappa shape index (κ3) is 4.64. The Kier molecular flexibility index (Phi) is 5.88. The Morgan fingerprint density at radius 1 is 1.14 bits per heavy atom. The van der Waals surface area contributed by atoms with Crippen LogP contribution in [0.3, 0.4) is 0 Å². The van der Waals surface area contributed by atoms with E-state index in [-0.39, 0.29) is 6.04 Å². The van der Waals surface area contributed by atoms with Gasteiger partial charge in [0.25, 0.3) is 0 Å². The van der Waals surface area contributed by atoms with Gasteiger partial charge in [0.15, 0.2) is 0 Å². The maximum atomic E-state index is 5.96. The monoisotopic (exact) mass is 304 g/mol. The fraction of sp³-hybridized carbons (Fsp3) is 0.353. The number of hydrogen-bond donors (Lipinski definition) is 1. The summed E-state index contributed by atoms with van der Waals surface area (Å²) in [4.78, 5) is 4.28. The van der Waals surface area contributed by atoms with Crippen molar-refractivity contribution in [3.8, 4) is 5.88 Å². The molecule has 0 aliphatic rings. The van der Waals surface area contributed by atoms with Crippen molar-refractivity contribution in [2.45, 2.75) is 32.7 Å². The standard InChI is InChI=1S/C17H21ClN2O/c1-3-5-16(13-6-8-14(18)9-7-13)20-15-10-11-17(19-12-15)21-4-2/h6-12,16,20H,3-5H2,1-2H3. The SMILES string of the molecule is CCCC(Nc1ccc(OCC)nc1)c1ccc(Cl)cc1. The number of pyridine rings is 1. The fourth-order valence-corrected chi connectivity index (χ4v) is 2.33. The molecular formula is C17H21ClN2O. The van der Waals surface area contributed by atoms with E-state index in [4.69, 9.17) is 16.3 Å². The number of aromatic nitrogens is 1. The van der Waals surface area contributed by atoms with Crippen LogP contribution in [-0.2, 0) is 0 Å². The second-order valence-electron chi connectivity index (χ2n) is 4.86. The van der Waals surface area contributed by atoms with Gasteiger partial charge in [-0.15, -0.1) is 0 Å². The van der Waals surface area contributed by atoms with Gasteiger partial charge >= 0.3 is 0 Å². The van der Waals surface area contributed by atoms with Crippen LogP contribution in [0.5, 0.6) is 5.88 Å². The summed E-state index contributed by atoms with van der Waals surface area (Å²) in [6.07, 6.45) is 3.96. The van der Waals surface area contributed by atoms with Crippen LogP contribution in [0.1, 0.15) is 38.3 Å². The molecule has 21 heavy (non-hydrogen) atoms. The summed E-state index contributed by atoms with van der Waals surface area (Å²) in [5.41, 5.74) is 2.22. The summed E-state index contributed by atoms with van der Waals surface area (Å²) < 4.78 is 5.36. The molecule has 0 spiro atoms. The van der Waals surface area contributed by atoms with Gasteiger partial charge in [0, 0.05) is 11.1 Å². The molecule has 0 aliphatic carbocycles.